The molecule has 5 heteroatoms. The molecule has 0 unspecified atom stereocenters. The van der Waals surface area contributed by atoms with E-state index in [1.807, 2.05) is 12.3 Å². The molecule has 0 saturated heterocycles. The van der Waals surface area contributed by atoms with Gasteiger partial charge in [0.2, 0.25) is 0 Å². The first-order valence-corrected chi connectivity index (χ1v) is 8.42. The Balaban J connectivity index is 1.76. The molecule has 1 aromatic rings. The maximum Gasteiger partial charge on any atom is 0.306 e. The van der Waals surface area contributed by atoms with E-state index < -0.39 is 0 Å². The summed E-state index contributed by atoms with van der Waals surface area (Å²) in [7, 11) is 0. The van der Waals surface area contributed by atoms with E-state index in [1.165, 1.54) is 25.7 Å². The number of rotatable bonds is 6. The lowest BCUT2D eigenvalue weighted by Crippen LogP contribution is -2.25. The summed E-state index contributed by atoms with van der Waals surface area (Å²) in [5, 5.41) is 6.55. The second-order valence-corrected chi connectivity index (χ2v) is 6.41. The summed E-state index contributed by atoms with van der Waals surface area (Å²) in [6, 6.07) is 0.565. The van der Waals surface area contributed by atoms with E-state index in [2.05, 4.69) is 17.2 Å². The van der Waals surface area contributed by atoms with E-state index in [0.717, 1.165) is 16.7 Å². The summed E-state index contributed by atoms with van der Waals surface area (Å²) in [5.41, 5.74) is 0.981. The SMILES string of the molecule is CCOC(=O)CCc1csc(NC2CCC(C)CC2)n1. The first-order valence-electron chi connectivity index (χ1n) is 7.54. The third-order valence-corrected chi connectivity index (χ3v) is 4.61. The molecule has 1 heterocycles. The molecule has 1 aromatic heterocycles. The van der Waals surface area contributed by atoms with Crippen LogP contribution in [0.1, 0.15) is 51.6 Å². The second-order valence-electron chi connectivity index (χ2n) is 5.55. The van der Waals surface area contributed by atoms with E-state index >= 15 is 0 Å². The smallest absolute Gasteiger partial charge is 0.306 e. The Labute approximate surface area is 124 Å². The van der Waals surface area contributed by atoms with Crippen LogP contribution in [-0.2, 0) is 16.0 Å². The van der Waals surface area contributed by atoms with E-state index in [9.17, 15) is 4.79 Å². The van der Waals surface area contributed by atoms with Crippen molar-refractivity contribution >= 4 is 22.4 Å². The molecule has 0 atom stereocenters. The summed E-state index contributed by atoms with van der Waals surface area (Å²) in [5.74, 6) is 0.723. The molecule has 0 bridgehead atoms. The lowest BCUT2D eigenvalue weighted by Gasteiger charge is -2.26. The zero-order valence-corrected chi connectivity index (χ0v) is 13.2. The maximum absolute atomic E-state index is 11.3. The minimum absolute atomic E-state index is 0.142. The van der Waals surface area contributed by atoms with Crippen LogP contribution >= 0.6 is 11.3 Å². The molecule has 0 aromatic carbocycles. The van der Waals surface area contributed by atoms with Crippen LogP contribution in [0.25, 0.3) is 0 Å². The van der Waals surface area contributed by atoms with Crippen molar-refractivity contribution in [2.45, 2.75) is 58.4 Å². The van der Waals surface area contributed by atoms with Crippen molar-refractivity contribution in [2.75, 3.05) is 11.9 Å². The number of aryl methyl sites for hydroxylation is 1. The summed E-state index contributed by atoms with van der Waals surface area (Å²) >= 11 is 1.63. The van der Waals surface area contributed by atoms with Crippen LogP contribution in [0, 0.1) is 5.92 Å². The van der Waals surface area contributed by atoms with Crippen molar-refractivity contribution < 1.29 is 9.53 Å². The molecule has 1 fully saturated rings. The number of nitrogens with one attached hydrogen (secondary N) is 1. The van der Waals surface area contributed by atoms with Crippen LogP contribution in [-0.4, -0.2) is 23.6 Å². The molecular formula is C15H24N2O2S. The molecular weight excluding hydrogens is 272 g/mol. The van der Waals surface area contributed by atoms with Crippen molar-refractivity contribution in [1.82, 2.24) is 4.98 Å². The Morgan fingerprint density at radius 2 is 2.20 bits per heavy atom. The molecule has 1 N–H and O–H groups in total. The van der Waals surface area contributed by atoms with Gasteiger partial charge in [-0.3, -0.25) is 4.79 Å². The van der Waals surface area contributed by atoms with Crippen LogP contribution in [0.2, 0.25) is 0 Å². The Bertz CT molecular complexity index is 425. The minimum atomic E-state index is -0.142. The van der Waals surface area contributed by atoms with Crippen molar-refractivity contribution in [2.24, 2.45) is 5.92 Å². The molecule has 0 amide bonds. The summed E-state index contributed by atoms with van der Waals surface area (Å²) in [4.78, 5) is 15.9. The number of esters is 1. The predicted molar refractivity (Wildman–Crippen MR) is 82.1 cm³/mol. The molecule has 1 aliphatic rings. The van der Waals surface area contributed by atoms with Gasteiger partial charge in [-0.15, -0.1) is 11.3 Å². The lowest BCUT2D eigenvalue weighted by atomic mass is 9.87. The van der Waals surface area contributed by atoms with E-state index in [4.69, 9.17) is 4.74 Å². The number of thiazole rings is 1. The average molecular weight is 296 g/mol. The molecule has 0 spiro atoms. The lowest BCUT2D eigenvalue weighted by molar-refractivity contribution is -0.143. The van der Waals surface area contributed by atoms with Gasteiger partial charge in [0.15, 0.2) is 5.13 Å². The summed E-state index contributed by atoms with van der Waals surface area (Å²) < 4.78 is 4.92. The van der Waals surface area contributed by atoms with Gasteiger partial charge in [-0.2, -0.15) is 0 Å². The van der Waals surface area contributed by atoms with Gasteiger partial charge in [0.25, 0.3) is 0 Å². The zero-order valence-electron chi connectivity index (χ0n) is 12.4. The average Bonchev–Trinajstić information content (AvgIpc) is 2.87. The van der Waals surface area contributed by atoms with Crippen LogP contribution in [0.3, 0.4) is 0 Å². The molecule has 1 aliphatic carbocycles. The number of aromatic nitrogens is 1. The fourth-order valence-electron chi connectivity index (χ4n) is 2.53. The van der Waals surface area contributed by atoms with Gasteiger partial charge in [0.05, 0.1) is 18.7 Å². The van der Waals surface area contributed by atoms with Crippen LogP contribution in [0.15, 0.2) is 5.38 Å². The van der Waals surface area contributed by atoms with Gasteiger partial charge < -0.3 is 10.1 Å². The van der Waals surface area contributed by atoms with Gasteiger partial charge in [0, 0.05) is 17.8 Å². The van der Waals surface area contributed by atoms with Gasteiger partial charge in [-0.1, -0.05) is 6.92 Å². The van der Waals surface area contributed by atoms with Gasteiger partial charge in [0.1, 0.15) is 0 Å². The number of nitrogens with zero attached hydrogens (tertiary/aromatic N) is 1. The fourth-order valence-corrected chi connectivity index (χ4v) is 3.35. The van der Waals surface area contributed by atoms with E-state index in [1.54, 1.807) is 11.3 Å². The molecule has 112 valence electrons. The van der Waals surface area contributed by atoms with Gasteiger partial charge in [-0.05, 0) is 38.5 Å². The van der Waals surface area contributed by atoms with Crippen molar-refractivity contribution in [1.29, 1.82) is 0 Å². The summed E-state index contributed by atoms with van der Waals surface area (Å²) in [6.45, 7) is 4.60. The third-order valence-electron chi connectivity index (χ3n) is 3.79. The third kappa shape index (κ3) is 4.78. The summed E-state index contributed by atoms with van der Waals surface area (Å²) in [6.07, 6.45) is 6.16. The fraction of sp³-hybridized carbons (Fsp3) is 0.733. The predicted octanol–water partition coefficient (Wildman–Crippen LogP) is 3.63. The molecule has 1 saturated carbocycles. The van der Waals surface area contributed by atoms with E-state index in [0.29, 0.717) is 25.5 Å². The highest BCUT2D eigenvalue weighted by molar-refractivity contribution is 7.13. The highest BCUT2D eigenvalue weighted by Crippen LogP contribution is 2.27. The Hall–Kier alpha value is -1.10. The molecule has 0 aliphatic heterocycles. The first-order chi connectivity index (χ1) is 9.67. The van der Waals surface area contributed by atoms with Crippen LogP contribution in [0.4, 0.5) is 5.13 Å². The highest BCUT2D eigenvalue weighted by atomic mass is 32.1. The Morgan fingerprint density at radius 3 is 2.90 bits per heavy atom. The number of hydrogen-bond donors (Lipinski definition) is 1. The van der Waals surface area contributed by atoms with Crippen LogP contribution < -0.4 is 5.32 Å². The number of hydrogen-bond acceptors (Lipinski definition) is 5. The topological polar surface area (TPSA) is 51.2 Å². The zero-order chi connectivity index (χ0) is 14.4. The standard InChI is InChI=1S/C15H24N2O2S/c1-3-19-14(18)9-8-13-10-20-15(17-13)16-12-6-4-11(2)5-7-12/h10-12H,3-9H2,1-2H3,(H,16,17). The minimum Gasteiger partial charge on any atom is -0.466 e. The normalized spacial score (nSPS) is 22.5. The number of carbonyl (C=O) groups is 1. The van der Waals surface area contributed by atoms with Crippen LogP contribution in [0.5, 0.6) is 0 Å². The Morgan fingerprint density at radius 1 is 1.45 bits per heavy atom. The number of carbonyl (C=O) groups excluding carboxylic acids is 1. The van der Waals surface area contributed by atoms with Crippen molar-refractivity contribution in [3.63, 3.8) is 0 Å². The molecule has 2 rings (SSSR count). The van der Waals surface area contributed by atoms with E-state index in [-0.39, 0.29) is 5.97 Å². The number of ether oxygens (including phenoxy) is 1. The highest BCUT2D eigenvalue weighted by Gasteiger charge is 2.18. The Kier molecular flexibility index (Phi) is 5.83. The molecule has 0 radical (unpaired) electrons. The van der Waals surface area contributed by atoms with Gasteiger partial charge >= 0.3 is 5.97 Å². The van der Waals surface area contributed by atoms with Crippen molar-refractivity contribution in [3.8, 4) is 0 Å². The van der Waals surface area contributed by atoms with Gasteiger partial charge in [-0.25, -0.2) is 4.98 Å². The quantitative estimate of drug-likeness (QED) is 0.814. The maximum atomic E-state index is 11.3. The number of anilines is 1. The van der Waals surface area contributed by atoms with Crippen molar-refractivity contribution in [3.05, 3.63) is 11.1 Å². The monoisotopic (exact) mass is 296 g/mol. The first kappa shape index (κ1) is 15.3. The molecule has 4 nitrogen and oxygen atoms in total. The molecule has 20 heavy (non-hydrogen) atoms. The second kappa shape index (κ2) is 7.62. The largest absolute Gasteiger partial charge is 0.466 e.